The van der Waals surface area contributed by atoms with Crippen LogP contribution in [0.4, 0.5) is 0 Å². The predicted molar refractivity (Wildman–Crippen MR) is 60.3 cm³/mol. The first-order chi connectivity index (χ1) is 7.98. The van der Waals surface area contributed by atoms with Gasteiger partial charge >= 0.3 is 5.97 Å². The van der Waals surface area contributed by atoms with Gasteiger partial charge in [0, 0.05) is 6.42 Å². The van der Waals surface area contributed by atoms with Gasteiger partial charge < -0.3 is 14.6 Å². The third kappa shape index (κ3) is 3.32. The van der Waals surface area contributed by atoms with Crippen LogP contribution in [-0.4, -0.2) is 29.5 Å². The van der Waals surface area contributed by atoms with E-state index in [4.69, 9.17) is 31.4 Å². The van der Waals surface area contributed by atoms with E-state index < -0.39 is 16.6 Å². The summed E-state index contributed by atoms with van der Waals surface area (Å²) >= 11 is 6.05. The monoisotopic (exact) mass is 261 g/mol. The molecule has 0 radical (unpaired) electrons. The summed E-state index contributed by atoms with van der Waals surface area (Å²) in [6, 6.07) is 1.71. The average molecular weight is 262 g/mol. The largest absolute Gasteiger partial charge is 0.480 e. The average Bonchev–Trinajstić information content (AvgIpc) is 2.30. The molecule has 0 aromatic heterocycles. The molecule has 1 N–H and O–H groups in total. The fraction of sp³-hybridized carbons (Fsp3) is 0.818. The van der Waals surface area contributed by atoms with Crippen molar-refractivity contribution >= 4 is 17.6 Å². The molecule has 0 aromatic rings. The van der Waals surface area contributed by atoms with Crippen LogP contribution < -0.4 is 0 Å². The molecule has 0 unspecified atom stereocenters. The molecule has 0 atom stereocenters. The van der Waals surface area contributed by atoms with Crippen LogP contribution >= 0.6 is 11.6 Å². The number of rotatable bonds is 5. The Morgan fingerprint density at radius 1 is 1.47 bits per heavy atom. The van der Waals surface area contributed by atoms with Crippen molar-refractivity contribution in [1.29, 1.82) is 5.26 Å². The number of hydrogen-bond acceptors (Lipinski definition) is 4. The van der Waals surface area contributed by atoms with E-state index in [-0.39, 0.29) is 13.2 Å². The van der Waals surface area contributed by atoms with Crippen LogP contribution in [0, 0.1) is 16.7 Å². The summed E-state index contributed by atoms with van der Waals surface area (Å²) in [7, 11) is 0. The van der Waals surface area contributed by atoms with Gasteiger partial charge in [-0.05, 0) is 6.42 Å². The number of carboxylic acids is 1. The highest BCUT2D eigenvalue weighted by atomic mass is 35.5. The Labute approximate surface area is 105 Å². The lowest BCUT2D eigenvalue weighted by molar-refractivity contribution is -0.249. The van der Waals surface area contributed by atoms with Gasteiger partial charge in [0.15, 0.2) is 0 Å². The van der Waals surface area contributed by atoms with Crippen molar-refractivity contribution in [2.24, 2.45) is 5.41 Å². The second-order valence-corrected chi connectivity index (χ2v) is 4.77. The minimum absolute atomic E-state index is 0.242. The number of aliphatic carboxylic acids is 1. The summed E-state index contributed by atoms with van der Waals surface area (Å²) in [4.78, 5) is 11.0. The number of ether oxygens (including phenoxy) is 2. The van der Waals surface area contributed by atoms with E-state index in [1.165, 1.54) is 0 Å². The number of carbonyl (C=O) groups is 1. The number of nitriles is 1. The van der Waals surface area contributed by atoms with E-state index in [1.54, 1.807) is 6.07 Å². The third-order valence-corrected chi connectivity index (χ3v) is 3.18. The summed E-state index contributed by atoms with van der Waals surface area (Å²) in [6.45, 7) is 1.58. The van der Waals surface area contributed by atoms with Crippen LogP contribution in [0.25, 0.3) is 0 Å². The number of hydrogen-bond donors (Lipinski definition) is 1. The molecule has 1 aliphatic heterocycles. The molecule has 1 fully saturated rings. The number of carboxylic acid groups (broad SMARTS) is 1. The van der Waals surface area contributed by atoms with Gasteiger partial charge in [-0.1, -0.05) is 31.4 Å². The molecule has 0 amide bonds. The van der Waals surface area contributed by atoms with Crippen molar-refractivity contribution < 1.29 is 19.4 Å². The van der Waals surface area contributed by atoms with Gasteiger partial charge in [0.1, 0.15) is 0 Å². The van der Waals surface area contributed by atoms with E-state index in [1.807, 2.05) is 0 Å². The van der Waals surface area contributed by atoms with Gasteiger partial charge in [-0.3, -0.25) is 4.79 Å². The Hall–Kier alpha value is -0.830. The molecule has 1 saturated heterocycles. The lowest BCUT2D eigenvalue weighted by atomic mass is 9.91. The Kier molecular flexibility index (Phi) is 4.75. The Bertz CT molecular complexity index is 318. The molecule has 0 aromatic carbocycles. The number of nitrogens with zero attached hydrogens (tertiary/aromatic N) is 1. The summed E-state index contributed by atoms with van der Waals surface area (Å²) in [5.41, 5.74) is -1.64. The molecule has 0 bridgehead atoms. The lowest BCUT2D eigenvalue weighted by Gasteiger charge is -2.37. The van der Waals surface area contributed by atoms with Crippen LogP contribution in [0.1, 0.15) is 32.6 Å². The van der Waals surface area contributed by atoms with Crippen LogP contribution in [0.15, 0.2) is 0 Å². The van der Waals surface area contributed by atoms with Crippen molar-refractivity contribution in [3.8, 4) is 6.07 Å². The molecule has 96 valence electrons. The molecule has 0 aliphatic carbocycles. The lowest BCUT2D eigenvalue weighted by Crippen LogP contribution is -2.50. The zero-order valence-electron chi connectivity index (χ0n) is 9.74. The van der Waals surface area contributed by atoms with Gasteiger partial charge in [0.25, 0.3) is 0 Å². The van der Waals surface area contributed by atoms with Gasteiger partial charge in [-0.2, -0.15) is 5.26 Å². The normalized spacial score (nSPS) is 33.0. The van der Waals surface area contributed by atoms with E-state index in [0.29, 0.717) is 6.42 Å². The van der Waals surface area contributed by atoms with Gasteiger partial charge in [0.2, 0.25) is 10.7 Å². The quantitative estimate of drug-likeness (QED) is 0.606. The number of alkyl halides is 1. The number of halogens is 1. The van der Waals surface area contributed by atoms with Crippen LogP contribution in [0.3, 0.4) is 0 Å². The highest BCUT2D eigenvalue weighted by molar-refractivity contribution is 6.22. The maximum Gasteiger partial charge on any atom is 0.328 e. The van der Waals surface area contributed by atoms with Crippen molar-refractivity contribution in [2.75, 3.05) is 13.2 Å². The van der Waals surface area contributed by atoms with Gasteiger partial charge in [-0.25, -0.2) is 0 Å². The highest BCUT2D eigenvalue weighted by Gasteiger charge is 2.49. The second kappa shape index (κ2) is 5.67. The molecular weight excluding hydrogens is 246 g/mol. The van der Waals surface area contributed by atoms with Gasteiger partial charge in [-0.15, -0.1) is 0 Å². The minimum Gasteiger partial charge on any atom is -0.480 e. The minimum atomic E-state index is -1.64. The maximum atomic E-state index is 11.0. The zero-order chi connectivity index (χ0) is 12.9. The summed E-state index contributed by atoms with van der Waals surface area (Å²) in [6.07, 6.45) is 3.38. The second-order valence-electron chi connectivity index (χ2n) is 4.19. The smallest absolute Gasteiger partial charge is 0.328 e. The molecule has 1 heterocycles. The Morgan fingerprint density at radius 3 is 2.47 bits per heavy atom. The molecule has 0 saturated carbocycles. The van der Waals surface area contributed by atoms with E-state index in [0.717, 1.165) is 19.3 Å². The molecule has 17 heavy (non-hydrogen) atoms. The fourth-order valence-corrected chi connectivity index (χ4v) is 1.75. The molecule has 1 rings (SSSR count). The van der Waals surface area contributed by atoms with Crippen LogP contribution in [-0.2, 0) is 14.3 Å². The summed E-state index contributed by atoms with van der Waals surface area (Å²) in [5.74, 6) is -1.24. The fourth-order valence-electron chi connectivity index (χ4n) is 1.51. The van der Waals surface area contributed by atoms with E-state index in [2.05, 4.69) is 6.92 Å². The summed E-state index contributed by atoms with van der Waals surface area (Å²) in [5, 5.41) is 16.5. The topological polar surface area (TPSA) is 79.5 Å². The molecule has 6 heteroatoms. The third-order valence-electron chi connectivity index (χ3n) is 2.77. The Morgan fingerprint density at radius 2 is 2.06 bits per heavy atom. The molecule has 5 nitrogen and oxygen atoms in total. The van der Waals surface area contributed by atoms with Crippen molar-refractivity contribution in [3.63, 3.8) is 0 Å². The van der Waals surface area contributed by atoms with Crippen molar-refractivity contribution in [3.05, 3.63) is 0 Å². The molecular formula is C11H16ClNO4. The zero-order valence-corrected chi connectivity index (χ0v) is 10.5. The van der Waals surface area contributed by atoms with Crippen molar-refractivity contribution in [2.45, 2.75) is 37.9 Å². The SMILES string of the molecule is CCCCCC1(Cl)OCC(C#N)(C(=O)O)CO1. The Balaban J connectivity index is 2.54. The predicted octanol–water partition coefficient (Wildman–Crippen LogP) is 2.10. The van der Waals surface area contributed by atoms with Crippen LogP contribution in [0.2, 0.25) is 0 Å². The molecule has 0 spiro atoms. The summed E-state index contributed by atoms with van der Waals surface area (Å²) < 4.78 is 10.4. The maximum absolute atomic E-state index is 11.0. The first-order valence-corrected chi connectivity index (χ1v) is 5.97. The highest BCUT2D eigenvalue weighted by Crippen LogP contribution is 2.36. The van der Waals surface area contributed by atoms with Crippen molar-refractivity contribution in [1.82, 2.24) is 0 Å². The van der Waals surface area contributed by atoms with Crippen LogP contribution in [0.5, 0.6) is 0 Å². The first-order valence-electron chi connectivity index (χ1n) is 5.59. The first kappa shape index (κ1) is 14.2. The van der Waals surface area contributed by atoms with Gasteiger partial charge in [0.05, 0.1) is 19.3 Å². The standard InChI is InChI=1S/C11H16ClNO4/c1-2-3-4-5-11(12)16-7-10(6-13,8-17-11)9(14)15/h2-5,7-8H2,1H3,(H,14,15). The van der Waals surface area contributed by atoms with E-state index in [9.17, 15) is 4.79 Å². The number of unbranched alkanes of at least 4 members (excludes halogenated alkanes) is 2. The molecule has 1 aliphatic rings. The van der Waals surface area contributed by atoms with E-state index >= 15 is 0 Å².